The molecule has 1 amide bonds. The molecular weight excluding hydrogens is 214 g/mol. The Bertz CT molecular complexity index is 388. The smallest absolute Gasteiger partial charge is 0.251 e. The zero-order valence-corrected chi connectivity index (χ0v) is 10.8. The first kappa shape index (κ1) is 13.5. The summed E-state index contributed by atoms with van der Waals surface area (Å²) in [4.78, 5) is 14.0. The zero-order valence-electron chi connectivity index (χ0n) is 10.8. The third-order valence-electron chi connectivity index (χ3n) is 2.57. The van der Waals surface area contributed by atoms with Crippen LogP contribution in [0.1, 0.15) is 22.3 Å². The molecule has 0 saturated heterocycles. The van der Waals surface area contributed by atoms with Gasteiger partial charge in [-0.2, -0.15) is 0 Å². The van der Waals surface area contributed by atoms with Crippen LogP contribution in [0.15, 0.2) is 18.2 Å². The van der Waals surface area contributed by atoms with E-state index in [1.165, 1.54) is 0 Å². The van der Waals surface area contributed by atoms with Gasteiger partial charge < -0.3 is 16.0 Å². The highest BCUT2D eigenvalue weighted by Gasteiger charge is 2.08. The first-order chi connectivity index (χ1) is 8.00. The Morgan fingerprint density at radius 1 is 1.41 bits per heavy atom. The van der Waals surface area contributed by atoms with Gasteiger partial charge in [0.15, 0.2) is 0 Å². The van der Waals surface area contributed by atoms with Crippen molar-refractivity contribution in [2.24, 2.45) is 0 Å². The number of aryl methyl sites for hydroxylation is 1. The van der Waals surface area contributed by atoms with Gasteiger partial charge in [-0.3, -0.25) is 4.79 Å². The molecular formula is C13H21N3O. The normalized spacial score (nSPS) is 10.6. The summed E-state index contributed by atoms with van der Waals surface area (Å²) in [5.74, 6) is -0.0476. The van der Waals surface area contributed by atoms with Crippen molar-refractivity contribution >= 4 is 11.6 Å². The van der Waals surface area contributed by atoms with Gasteiger partial charge >= 0.3 is 0 Å². The molecule has 0 unspecified atom stereocenters. The fourth-order valence-corrected chi connectivity index (χ4v) is 1.58. The van der Waals surface area contributed by atoms with Crippen LogP contribution in [-0.4, -0.2) is 38.0 Å². The molecule has 0 radical (unpaired) electrons. The van der Waals surface area contributed by atoms with Gasteiger partial charge in [0.2, 0.25) is 0 Å². The van der Waals surface area contributed by atoms with Gasteiger partial charge in [-0.1, -0.05) is 6.07 Å². The monoisotopic (exact) mass is 235 g/mol. The molecule has 1 aromatic rings. The SMILES string of the molecule is Cc1ccc(N)cc1C(=O)NCCCN(C)C. The summed E-state index contributed by atoms with van der Waals surface area (Å²) in [5.41, 5.74) is 7.90. The molecule has 3 N–H and O–H groups in total. The molecule has 17 heavy (non-hydrogen) atoms. The van der Waals surface area contributed by atoms with Gasteiger partial charge in [0, 0.05) is 17.8 Å². The number of anilines is 1. The number of nitrogens with zero attached hydrogens (tertiary/aromatic N) is 1. The molecule has 0 aliphatic heterocycles. The minimum atomic E-state index is -0.0476. The van der Waals surface area contributed by atoms with E-state index in [0.717, 1.165) is 18.5 Å². The Labute approximate surface area is 103 Å². The summed E-state index contributed by atoms with van der Waals surface area (Å²) in [6.07, 6.45) is 0.945. The second-order valence-corrected chi connectivity index (χ2v) is 4.49. The standard InChI is InChI=1S/C13H21N3O/c1-10-5-6-11(14)9-12(10)13(17)15-7-4-8-16(2)3/h5-6,9H,4,7-8,14H2,1-3H3,(H,15,17). The maximum atomic E-state index is 11.9. The highest BCUT2D eigenvalue weighted by atomic mass is 16.1. The molecule has 1 aromatic carbocycles. The maximum absolute atomic E-state index is 11.9. The predicted octanol–water partition coefficient (Wildman–Crippen LogP) is 1.26. The van der Waals surface area contributed by atoms with E-state index < -0.39 is 0 Å². The lowest BCUT2D eigenvalue weighted by molar-refractivity contribution is 0.0951. The predicted molar refractivity (Wildman–Crippen MR) is 71.1 cm³/mol. The van der Waals surface area contributed by atoms with E-state index in [-0.39, 0.29) is 5.91 Å². The van der Waals surface area contributed by atoms with E-state index in [1.54, 1.807) is 12.1 Å². The number of hydrogen-bond donors (Lipinski definition) is 2. The van der Waals surface area contributed by atoms with Crippen molar-refractivity contribution in [2.45, 2.75) is 13.3 Å². The number of nitrogens with two attached hydrogens (primary N) is 1. The van der Waals surface area contributed by atoms with E-state index in [0.29, 0.717) is 17.8 Å². The lowest BCUT2D eigenvalue weighted by Crippen LogP contribution is -2.27. The Balaban J connectivity index is 2.49. The van der Waals surface area contributed by atoms with Gasteiger partial charge in [0.05, 0.1) is 0 Å². The molecule has 0 aliphatic carbocycles. The Morgan fingerprint density at radius 2 is 2.12 bits per heavy atom. The van der Waals surface area contributed by atoms with Crippen LogP contribution in [0.3, 0.4) is 0 Å². The highest BCUT2D eigenvalue weighted by molar-refractivity contribution is 5.96. The maximum Gasteiger partial charge on any atom is 0.251 e. The number of benzene rings is 1. The number of carbonyl (C=O) groups is 1. The molecule has 0 heterocycles. The summed E-state index contributed by atoms with van der Waals surface area (Å²) in [6, 6.07) is 5.39. The number of rotatable bonds is 5. The lowest BCUT2D eigenvalue weighted by Gasteiger charge is -2.11. The van der Waals surface area contributed by atoms with Crippen LogP contribution in [0.5, 0.6) is 0 Å². The van der Waals surface area contributed by atoms with Crippen LogP contribution >= 0.6 is 0 Å². The number of nitrogen functional groups attached to an aromatic ring is 1. The molecule has 4 heteroatoms. The van der Waals surface area contributed by atoms with Gasteiger partial charge in [0.25, 0.3) is 5.91 Å². The van der Waals surface area contributed by atoms with E-state index in [9.17, 15) is 4.79 Å². The zero-order chi connectivity index (χ0) is 12.8. The number of carbonyl (C=O) groups excluding carboxylic acids is 1. The molecule has 1 rings (SSSR count). The molecule has 0 saturated carbocycles. The molecule has 94 valence electrons. The van der Waals surface area contributed by atoms with Crippen molar-refractivity contribution in [2.75, 3.05) is 32.9 Å². The van der Waals surface area contributed by atoms with Crippen LogP contribution in [-0.2, 0) is 0 Å². The van der Waals surface area contributed by atoms with Crippen LogP contribution in [0, 0.1) is 6.92 Å². The van der Waals surface area contributed by atoms with Crippen molar-refractivity contribution in [1.82, 2.24) is 10.2 Å². The van der Waals surface area contributed by atoms with Crippen molar-refractivity contribution in [3.8, 4) is 0 Å². The first-order valence-corrected chi connectivity index (χ1v) is 5.80. The fourth-order valence-electron chi connectivity index (χ4n) is 1.58. The minimum absolute atomic E-state index is 0.0476. The van der Waals surface area contributed by atoms with Gasteiger partial charge in [-0.25, -0.2) is 0 Å². The summed E-state index contributed by atoms with van der Waals surface area (Å²) < 4.78 is 0. The van der Waals surface area contributed by atoms with Crippen molar-refractivity contribution in [3.63, 3.8) is 0 Å². The molecule has 0 bridgehead atoms. The average molecular weight is 235 g/mol. The number of hydrogen-bond acceptors (Lipinski definition) is 3. The largest absolute Gasteiger partial charge is 0.399 e. The topological polar surface area (TPSA) is 58.4 Å². The highest BCUT2D eigenvalue weighted by Crippen LogP contribution is 2.12. The third kappa shape index (κ3) is 4.44. The summed E-state index contributed by atoms with van der Waals surface area (Å²) >= 11 is 0. The minimum Gasteiger partial charge on any atom is -0.399 e. The summed E-state index contributed by atoms with van der Waals surface area (Å²) in [6.45, 7) is 3.57. The molecule has 0 aromatic heterocycles. The molecule has 0 spiro atoms. The van der Waals surface area contributed by atoms with Gasteiger partial charge in [0.1, 0.15) is 0 Å². The Hall–Kier alpha value is -1.55. The average Bonchev–Trinajstić information content (AvgIpc) is 2.27. The first-order valence-electron chi connectivity index (χ1n) is 5.80. The fraction of sp³-hybridized carbons (Fsp3) is 0.462. The van der Waals surface area contributed by atoms with Crippen LogP contribution < -0.4 is 11.1 Å². The van der Waals surface area contributed by atoms with Crippen molar-refractivity contribution in [1.29, 1.82) is 0 Å². The Kier molecular flexibility index (Phi) is 4.97. The lowest BCUT2D eigenvalue weighted by atomic mass is 10.1. The second-order valence-electron chi connectivity index (χ2n) is 4.49. The van der Waals surface area contributed by atoms with Crippen LogP contribution in [0.2, 0.25) is 0 Å². The van der Waals surface area contributed by atoms with Crippen molar-refractivity contribution in [3.05, 3.63) is 29.3 Å². The van der Waals surface area contributed by atoms with E-state index >= 15 is 0 Å². The summed E-state index contributed by atoms with van der Waals surface area (Å²) in [7, 11) is 4.04. The van der Waals surface area contributed by atoms with Gasteiger partial charge in [-0.15, -0.1) is 0 Å². The van der Waals surface area contributed by atoms with E-state index in [2.05, 4.69) is 10.2 Å². The number of nitrogens with one attached hydrogen (secondary N) is 1. The summed E-state index contributed by atoms with van der Waals surface area (Å²) in [5, 5.41) is 2.90. The Morgan fingerprint density at radius 3 is 2.76 bits per heavy atom. The molecule has 0 fully saturated rings. The van der Waals surface area contributed by atoms with E-state index in [4.69, 9.17) is 5.73 Å². The van der Waals surface area contributed by atoms with Crippen molar-refractivity contribution < 1.29 is 4.79 Å². The quantitative estimate of drug-likeness (QED) is 0.596. The van der Waals surface area contributed by atoms with Gasteiger partial charge in [-0.05, 0) is 51.7 Å². The molecule has 4 nitrogen and oxygen atoms in total. The third-order valence-corrected chi connectivity index (χ3v) is 2.57. The van der Waals surface area contributed by atoms with Crippen LogP contribution in [0.4, 0.5) is 5.69 Å². The van der Waals surface area contributed by atoms with E-state index in [1.807, 2.05) is 27.1 Å². The number of amides is 1. The molecule has 0 atom stereocenters. The van der Waals surface area contributed by atoms with Crippen LogP contribution in [0.25, 0.3) is 0 Å². The molecule has 0 aliphatic rings. The second kappa shape index (κ2) is 6.25.